The van der Waals surface area contributed by atoms with Crippen molar-refractivity contribution in [3.63, 3.8) is 0 Å². The summed E-state index contributed by atoms with van der Waals surface area (Å²) < 4.78 is 0. The van der Waals surface area contributed by atoms with Crippen LogP contribution in [0.5, 0.6) is 0 Å². The Bertz CT molecular complexity index is 808. The summed E-state index contributed by atoms with van der Waals surface area (Å²) in [5.74, 6) is 1.97. The number of aromatic nitrogens is 1. The van der Waals surface area contributed by atoms with Crippen LogP contribution in [-0.2, 0) is 6.42 Å². The number of hydrogen-bond acceptors (Lipinski definition) is 5. The SMILES string of the molecule is CN=C(NCCCCc1ccc([N+](=O)[O-])cc1)N1CCN(c2ccccn2)CC1.I. The Hall–Kier alpha value is -2.43. The molecule has 1 aromatic heterocycles. The number of pyridine rings is 1. The summed E-state index contributed by atoms with van der Waals surface area (Å²) in [6.45, 7) is 4.55. The van der Waals surface area contributed by atoms with Crippen molar-refractivity contribution in [2.75, 3.05) is 44.7 Å². The fourth-order valence-corrected chi connectivity index (χ4v) is 3.46. The number of non-ortho nitro benzene ring substituents is 1. The van der Waals surface area contributed by atoms with E-state index in [2.05, 4.69) is 25.1 Å². The number of halogens is 1. The molecule has 162 valence electrons. The lowest BCUT2D eigenvalue weighted by atomic mass is 10.1. The number of benzene rings is 1. The molecular weight excluding hydrogens is 495 g/mol. The van der Waals surface area contributed by atoms with Gasteiger partial charge in [0.25, 0.3) is 5.69 Å². The minimum atomic E-state index is -0.366. The third-order valence-corrected chi connectivity index (χ3v) is 5.09. The second kappa shape index (κ2) is 12.3. The molecule has 9 heteroatoms. The first-order chi connectivity index (χ1) is 14.2. The number of aryl methyl sites for hydroxylation is 1. The molecular formula is C21H29IN6O2. The smallest absolute Gasteiger partial charge is 0.269 e. The molecule has 1 aliphatic heterocycles. The van der Waals surface area contributed by atoms with Crippen LogP contribution in [0.2, 0.25) is 0 Å². The molecule has 0 unspecified atom stereocenters. The highest BCUT2D eigenvalue weighted by Crippen LogP contribution is 2.14. The van der Waals surface area contributed by atoms with E-state index in [4.69, 9.17) is 0 Å². The van der Waals surface area contributed by atoms with E-state index in [9.17, 15) is 10.1 Å². The monoisotopic (exact) mass is 524 g/mol. The van der Waals surface area contributed by atoms with Crippen LogP contribution < -0.4 is 10.2 Å². The van der Waals surface area contributed by atoms with Crippen LogP contribution in [0.15, 0.2) is 53.7 Å². The predicted octanol–water partition coefficient (Wildman–Crippen LogP) is 3.33. The fourth-order valence-electron chi connectivity index (χ4n) is 3.46. The van der Waals surface area contributed by atoms with Gasteiger partial charge in [-0.15, -0.1) is 24.0 Å². The lowest BCUT2D eigenvalue weighted by molar-refractivity contribution is -0.384. The average Bonchev–Trinajstić information content (AvgIpc) is 2.77. The van der Waals surface area contributed by atoms with Gasteiger partial charge < -0.3 is 15.1 Å². The third-order valence-electron chi connectivity index (χ3n) is 5.09. The van der Waals surface area contributed by atoms with Gasteiger partial charge >= 0.3 is 0 Å². The number of aliphatic imine (C=N–C) groups is 1. The molecule has 2 heterocycles. The van der Waals surface area contributed by atoms with Crippen LogP contribution in [0.25, 0.3) is 0 Å². The second-order valence-electron chi connectivity index (χ2n) is 7.02. The standard InChI is InChI=1S/C21H28N6O2.HI/c1-22-21(26-16-14-25(15-17-26)20-7-3-5-12-23-20)24-13-4-2-6-18-8-10-19(11-9-18)27(28)29;/h3,5,7-12H,2,4,6,13-17H2,1H3,(H,22,24);1H. The van der Waals surface area contributed by atoms with Crippen molar-refractivity contribution in [2.24, 2.45) is 4.99 Å². The van der Waals surface area contributed by atoms with Gasteiger partial charge in [0.2, 0.25) is 0 Å². The van der Waals surface area contributed by atoms with Gasteiger partial charge in [-0.3, -0.25) is 15.1 Å². The molecule has 0 radical (unpaired) electrons. The number of guanidine groups is 1. The first kappa shape index (κ1) is 23.8. The topological polar surface area (TPSA) is 86.9 Å². The second-order valence-corrected chi connectivity index (χ2v) is 7.02. The minimum Gasteiger partial charge on any atom is -0.356 e. The number of nitro benzene ring substituents is 1. The Morgan fingerprint density at radius 3 is 2.47 bits per heavy atom. The summed E-state index contributed by atoms with van der Waals surface area (Å²) in [5, 5.41) is 14.2. The summed E-state index contributed by atoms with van der Waals surface area (Å²) in [5.41, 5.74) is 1.27. The van der Waals surface area contributed by atoms with E-state index < -0.39 is 0 Å². The van der Waals surface area contributed by atoms with Crippen LogP contribution >= 0.6 is 24.0 Å². The lowest BCUT2D eigenvalue weighted by Gasteiger charge is -2.37. The van der Waals surface area contributed by atoms with E-state index in [1.54, 1.807) is 12.1 Å². The van der Waals surface area contributed by atoms with Crippen LogP contribution in [-0.4, -0.2) is 60.5 Å². The van der Waals surface area contributed by atoms with Crippen molar-refractivity contribution in [1.29, 1.82) is 0 Å². The molecule has 1 saturated heterocycles. The zero-order valence-electron chi connectivity index (χ0n) is 17.2. The molecule has 0 spiro atoms. The van der Waals surface area contributed by atoms with Crippen molar-refractivity contribution >= 4 is 41.4 Å². The molecule has 2 aromatic rings. The largest absolute Gasteiger partial charge is 0.356 e. The van der Waals surface area contributed by atoms with Crippen LogP contribution in [0.3, 0.4) is 0 Å². The van der Waals surface area contributed by atoms with Crippen molar-refractivity contribution < 1.29 is 4.92 Å². The zero-order chi connectivity index (χ0) is 20.5. The summed E-state index contributed by atoms with van der Waals surface area (Å²) >= 11 is 0. The third kappa shape index (κ3) is 6.82. The quantitative estimate of drug-likeness (QED) is 0.149. The Labute approximate surface area is 194 Å². The number of rotatable bonds is 7. The van der Waals surface area contributed by atoms with Crippen LogP contribution in [0.4, 0.5) is 11.5 Å². The van der Waals surface area contributed by atoms with Gasteiger partial charge in [-0.1, -0.05) is 18.2 Å². The Kier molecular flexibility index (Phi) is 9.78. The maximum absolute atomic E-state index is 10.7. The first-order valence-electron chi connectivity index (χ1n) is 10.0. The molecule has 1 fully saturated rings. The summed E-state index contributed by atoms with van der Waals surface area (Å²) in [6, 6.07) is 12.8. The summed E-state index contributed by atoms with van der Waals surface area (Å²) in [6.07, 6.45) is 4.79. The maximum Gasteiger partial charge on any atom is 0.269 e. The molecule has 1 aliphatic rings. The highest BCUT2D eigenvalue weighted by Gasteiger charge is 2.20. The molecule has 3 rings (SSSR count). The molecule has 1 aromatic carbocycles. The van der Waals surface area contributed by atoms with E-state index >= 15 is 0 Å². The van der Waals surface area contributed by atoms with E-state index in [-0.39, 0.29) is 34.6 Å². The predicted molar refractivity (Wildman–Crippen MR) is 131 cm³/mol. The van der Waals surface area contributed by atoms with Gasteiger partial charge in [0, 0.05) is 58.1 Å². The van der Waals surface area contributed by atoms with Crippen LogP contribution in [0, 0.1) is 10.1 Å². The van der Waals surface area contributed by atoms with Gasteiger partial charge in [0.1, 0.15) is 5.82 Å². The number of piperazine rings is 1. The van der Waals surface area contributed by atoms with Crippen molar-refractivity contribution in [2.45, 2.75) is 19.3 Å². The Morgan fingerprint density at radius 1 is 1.13 bits per heavy atom. The molecule has 0 bridgehead atoms. The molecule has 8 nitrogen and oxygen atoms in total. The van der Waals surface area contributed by atoms with Gasteiger partial charge in [0.05, 0.1) is 4.92 Å². The van der Waals surface area contributed by atoms with Gasteiger partial charge in [-0.05, 0) is 37.0 Å². The summed E-state index contributed by atoms with van der Waals surface area (Å²) in [7, 11) is 1.82. The van der Waals surface area contributed by atoms with E-state index in [1.165, 1.54) is 0 Å². The highest BCUT2D eigenvalue weighted by atomic mass is 127. The number of nitrogens with one attached hydrogen (secondary N) is 1. The minimum absolute atomic E-state index is 0. The number of nitro groups is 1. The first-order valence-corrected chi connectivity index (χ1v) is 10.0. The van der Waals surface area contributed by atoms with E-state index in [0.717, 1.165) is 69.3 Å². The van der Waals surface area contributed by atoms with Gasteiger partial charge in [-0.2, -0.15) is 0 Å². The van der Waals surface area contributed by atoms with E-state index in [0.29, 0.717) is 0 Å². The number of hydrogen-bond donors (Lipinski definition) is 1. The number of nitrogens with zero attached hydrogens (tertiary/aromatic N) is 5. The maximum atomic E-state index is 10.7. The molecule has 0 saturated carbocycles. The fraction of sp³-hybridized carbons (Fsp3) is 0.429. The van der Waals surface area contributed by atoms with Gasteiger partial charge in [-0.25, -0.2) is 4.98 Å². The van der Waals surface area contributed by atoms with Crippen molar-refractivity contribution in [1.82, 2.24) is 15.2 Å². The molecule has 0 amide bonds. The molecule has 0 atom stereocenters. The number of anilines is 1. The van der Waals surface area contributed by atoms with E-state index in [1.807, 2.05) is 43.6 Å². The Morgan fingerprint density at radius 2 is 1.87 bits per heavy atom. The van der Waals surface area contributed by atoms with Crippen molar-refractivity contribution in [3.8, 4) is 0 Å². The normalized spacial score (nSPS) is 14.2. The van der Waals surface area contributed by atoms with Gasteiger partial charge in [0.15, 0.2) is 5.96 Å². The summed E-state index contributed by atoms with van der Waals surface area (Å²) in [4.78, 5) is 23.8. The van der Waals surface area contributed by atoms with Crippen LogP contribution in [0.1, 0.15) is 18.4 Å². The zero-order valence-corrected chi connectivity index (χ0v) is 19.6. The molecule has 0 aliphatic carbocycles. The molecule has 30 heavy (non-hydrogen) atoms. The average molecular weight is 524 g/mol. The molecule has 1 N–H and O–H groups in total. The highest BCUT2D eigenvalue weighted by molar-refractivity contribution is 14.0. The number of unbranched alkanes of at least 4 members (excludes halogenated alkanes) is 1. The lowest BCUT2D eigenvalue weighted by Crippen LogP contribution is -2.52. The van der Waals surface area contributed by atoms with Crippen molar-refractivity contribution in [3.05, 3.63) is 64.3 Å². The Balaban J connectivity index is 0.00000320.